The second kappa shape index (κ2) is 12.4. The fraction of sp³-hybridized carbons (Fsp3) is 0.500. The Hall–Kier alpha value is -4.52. The number of hydrogen-bond donors (Lipinski definition) is 2. The number of benzene rings is 1. The van der Waals surface area contributed by atoms with Crippen molar-refractivity contribution < 1.29 is 36.3 Å². The fourth-order valence-electron chi connectivity index (χ4n) is 6.27. The van der Waals surface area contributed by atoms with Crippen molar-refractivity contribution in [1.29, 1.82) is 5.26 Å². The van der Waals surface area contributed by atoms with E-state index in [2.05, 4.69) is 16.2 Å². The molecule has 0 spiro atoms. The minimum absolute atomic E-state index is 0.0224. The van der Waals surface area contributed by atoms with Crippen molar-refractivity contribution in [3.8, 4) is 11.8 Å². The number of alkyl carbamates (subject to hydrolysis) is 1. The van der Waals surface area contributed by atoms with Crippen LogP contribution in [0, 0.1) is 22.2 Å². The molecule has 1 saturated carbocycles. The highest BCUT2D eigenvalue weighted by molar-refractivity contribution is 6.32. The maximum absolute atomic E-state index is 14.9. The number of guanidine groups is 1. The van der Waals surface area contributed by atoms with Gasteiger partial charge < -0.3 is 15.8 Å². The van der Waals surface area contributed by atoms with E-state index in [1.807, 2.05) is 26.1 Å². The summed E-state index contributed by atoms with van der Waals surface area (Å²) in [6.45, 7) is 6.82. The molecule has 0 radical (unpaired) electrons. The van der Waals surface area contributed by atoms with Crippen molar-refractivity contribution in [3.05, 3.63) is 64.7 Å². The molecule has 1 aromatic heterocycles. The molecular formula is C32H34ClF5N8O3. The number of nitrogens with one attached hydrogen (secondary N) is 1. The van der Waals surface area contributed by atoms with Crippen molar-refractivity contribution in [2.45, 2.75) is 83.1 Å². The van der Waals surface area contributed by atoms with Crippen LogP contribution in [-0.2, 0) is 9.53 Å². The fourth-order valence-corrected chi connectivity index (χ4v) is 6.47. The van der Waals surface area contributed by atoms with Gasteiger partial charge in [0.1, 0.15) is 18.5 Å². The molecule has 5 rings (SSSR count). The first-order valence-corrected chi connectivity index (χ1v) is 15.6. The van der Waals surface area contributed by atoms with Crippen LogP contribution in [0.25, 0.3) is 5.69 Å². The third-order valence-electron chi connectivity index (χ3n) is 9.03. The predicted octanol–water partition coefficient (Wildman–Crippen LogP) is 6.47. The first kappa shape index (κ1) is 35.8. The number of allylic oxidation sites excluding steroid dienone is 3. The molecule has 49 heavy (non-hydrogen) atoms. The Morgan fingerprint density at radius 3 is 2.49 bits per heavy atom. The average molecular weight is 709 g/mol. The van der Waals surface area contributed by atoms with E-state index in [0.717, 1.165) is 15.9 Å². The van der Waals surface area contributed by atoms with Crippen LogP contribution in [0.4, 0.5) is 26.7 Å². The number of halogens is 6. The number of carbonyl (C=O) groups excluding carboxylic acids is 2. The van der Waals surface area contributed by atoms with Crippen LogP contribution in [0.15, 0.2) is 53.3 Å². The highest BCUT2D eigenvalue weighted by Gasteiger charge is 2.65. The molecule has 1 aliphatic heterocycles. The summed E-state index contributed by atoms with van der Waals surface area (Å²) in [5.41, 5.74) is 1.57. The summed E-state index contributed by atoms with van der Waals surface area (Å²) in [6, 6.07) is 4.85. The van der Waals surface area contributed by atoms with Crippen molar-refractivity contribution in [2.24, 2.45) is 21.6 Å². The van der Waals surface area contributed by atoms with Gasteiger partial charge in [0.2, 0.25) is 0 Å². The van der Waals surface area contributed by atoms with E-state index >= 15 is 0 Å². The predicted molar refractivity (Wildman–Crippen MR) is 167 cm³/mol. The van der Waals surface area contributed by atoms with Crippen molar-refractivity contribution >= 4 is 29.6 Å². The molecule has 11 nitrogen and oxygen atoms in total. The number of nitriles is 1. The monoisotopic (exact) mass is 708 g/mol. The van der Waals surface area contributed by atoms with E-state index in [9.17, 15) is 36.8 Å². The molecule has 0 bridgehead atoms. The molecule has 1 fully saturated rings. The van der Waals surface area contributed by atoms with Gasteiger partial charge in [-0.05, 0) is 54.9 Å². The first-order chi connectivity index (χ1) is 22.8. The number of carbonyl (C=O) groups is 2. The van der Waals surface area contributed by atoms with Gasteiger partial charge in [-0.1, -0.05) is 57.5 Å². The van der Waals surface area contributed by atoms with Gasteiger partial charge in [0, 0.05) is 11.0 Å². The molecule has 2 aromatic rings. The standard InChI is InChI=1S/C32H34ClF5N8O3/c1-28(2,3)16-31(29(4)9-7-18(14-39)8-10-29)25(47)45(26(40)43-31)22(15-49-27(48)44-30(11-12-30)32(36,37)38)19-5-6-20(33)21(13-19)46-24(23(34)35)41-17-42-46/h5-9,13,17,22-23H,10-12,15-16H2,1-4H3,(H2,40,43)(H,44,48)/t22-,29?,31+/m1/s1. The highest BCUT2D eigenvalue weighted by Crippen LogP contribution is 2.52. The Kier molecular flexibility index (Phi) is 9.07. The van der Waals surface area contributed by atoms with E-state index < -0.39 is 65.0 Å². The largest absolute Gasteiger partial charge is 0.447 e. The summed E-state index contributed by atoms with van der Waals surface area (Å²) >= 11 is 6.40. The van der Waals surface area contributed by atoms with Gasteiger partial charge in [-0.25, -0.2) is 28.2 Å². The van der Waals surface area contributed by atoms with Crippen LogP contribution in [-0.4, -0.2) is 61.5 Å². The van der Waals surface area contributed by atoms with Crippen LogP contribution in [0.2, 0.25) is 5.02 Å². The lowest BCUT2D eigenvalue weighted by Crippen LogP contribution is -2.55. The molecule has 2 amide bonds. The quantitative estimate of drug-likeness (QED) is 0.284. The Morgan fingerprint density at radius 2 is 1.94 bits per heavy atom. The Balaban J connectivity index is 1.58. The van der Waals surface area contributed by atoms with Crippen molar-refractivity contribution in [1.82, 2.24) is 25.0 Å². The molecule has 2 heterocycles. The van der Waals surface area contributed by atoms with Crippen LogP contribution >= 0.6 is 11.6 Å². The summed E-state index contributed by atoms with van der Waals surface area (Å²) in [7, 11) is 0. The summed E-state index contributed by atoms with van der Waals surface area (Å²) in [6.07, 6.45) is -3.43. The molecule has 17 heteroatoms. The van der Waals surface area contributed by atoms with E-state index in [4.69, 9.17) is 27.1 Å². The molecule has 262 valence electrons. The third kappa shape index (κ3) is 6.60. The zero-order valence-corrected chi connectivity index (χ0v) is 27.7. The third-order valence-corrected chi connectivity index (χ3v) is 9.35. The summed E-state index contributed by atoms with van der Waals surface area (Å²) in [5.74, 6) is -1.60. The lowest BCUT2D eigenvalue weighted by atomic mass is 9.61. The summed E-state index contributed by atoms with van der Waals surface area (Å²) < 4.78 is 74.5. The molecule has 3 atom stereocenters. The second-order valence-electron chi connectivity index (χ2n) is 13.8. The van der Waals surface area contributed by atoms with Crippen molar-refractivity contribution in [2.75, 3.05) is 6.61 Å². The molecule has 1 aromatic carbocycles. The maximum atomic E-state index is 14.9. The SMILES string of the molecule is CC(C)(C)C[C@]1(C2(C)C=CC(C#N)=CC2)N=C(N)N([C@H](COC(=O)NC2(C(F)(F)F)CC2)c2ccc(Cl)c(-n3ncnc3C(F)F)c2)C1=O. The molecular weight excluding hydrogens is 675 g/mol. The Labute approximate surface area is 283 Å². The number of amides is 2. The number of nitrogens with zero attached hydrogens (tertiary/aromatic N) is 6. The molecule has 3 aliphatic rings. The highest BCUT2D eigenvalue weighted by atomic mass is 35.5. The maximum Gasteiger partial charge on any atom is 0.411 e. The van der Waals surface area contributed by atoms with Crippen LogP contribution < -0.4 is 11.1 Å². The van der Waals surface area contributed by atoms with Gasteiger partial charge in [-0.15, -0.1) is 0 Å². The number of nitrogens with two attached hydrogens (primary N) is 1. The van der Waals surface area contributed by atoms with Crippen LogP contribution in [0.5, 0.6) is 0 Å². The van der Waals surface area contributed by atoms with Gasteiger partial charge in [0.15, 0.2) is 17.3 Å². The minimum Gasteiger partial charge on any atom is -0.447 e. The first-order valence-electron chi connectivity index (χ1n) is 15.2. The second-order valence-corrected chi connectivity index (χ2v) is 14.2. The Morgan fingerprint density at radius 1 is 1.24 bits per heavy atom. The molecule has 0 saturated heterocycles. The number of aliphatic imine (C=N–C) groups is 1. The van der Waals surface area contributed by atoms with E-state index in [1.165, 1.54) is 18.2 Å². The smallest absolute Gasteiger partial charge is 0.411 e. The topological polar surface area (TPSA) is 152 Å². The normalized spacial score (nSPS) is 24.0. The number of alkyl halides is 5. The van der Waals surface area contributed by atoms with Gasteiger partial charge >= 0.3 is 12.3 Å². The minimum atomic E-state index is -4.71. The van der Waals surface area contributed by atoms with E-state index in [1.54, 1.807) is 25.2 Å². The molecule has 2 aliphatic carbocycles. The zero-order chi connectivity index (χ0) is 36.2. The number of rotatable bonds is 9. The van der Waals surface area contributed by atoms with Gasteiger partial charge in [0.05, 0.1) is 22.8 Å². The van der Waals surface area contributed by atoms with Gasteiger partial charge in [-0.2, -0.15) is 23.5 Å². The van der Waals surface area contributed by atoms with E-state index in [0.29, 0.717) is 5.57 Å². The molecule has 3 N–H and O–H groups in total. The number of ether oxygens (including phenoxy) is 1. The summed E-state index contributed by atoms with van der Waals surface area (Å²) in [5, 5.41) is 15.2. The van der Waals surface area contributed by atoms with Crippen LogP contribution in [0.1, 0.15) is 77.2 Å². The number of hydrogen-bond acceptors (Lipinski definition) is 8. The Bertz CT molecular complexity index is 1790. The van der Waals surface area contributed by atoms with Crippen molar-refractivity contribution in [3.63, 3.8) is 0 Å². The van der Waals surface area contributed by atoms with E-state index in [-0.39, 0.29) is 47.9 Å². The molecule has 1 unspecified atom stereocenters. The van der Waals surface area contributed by atoms with Gasteiger partial charge in [-0.3, -0.25) is 9.69 Å². The van der Waals surface area contributed by atoms with Crippen LogP contribution in [0.3, 0.4) is 0 Å². The summed E-state index contributed by atoms with van der Waals surface area (Å²) in [4.78, 5) is 37.1. The lowest BCUT2D eigenvalue weighted by Gasteiger charge is -2.45. The number of aromatic nitrogens is 3. The zero-order valence-electron chi connectivity index (χ0n) is 27.0. The average Bonchev–Trinajstić information content (AvgIpc) is 3.55. The lowest BCUT2D eigenvalue weighted by molar-refractivity contribution is -0.164. The van der Waals surface area contributed by atoms with Gasteiger partial charge in [0.25, 0.3) is 12.3 Å².